The third kappa shape index (κ3) is 0.960. The van der Waals surface area contributed by atoms with Crippen LogP contribution < -0.4 is 0 Å². The molecule has 17 heavy (non-hydrogen) atoms. The van der Waals surface area contributed by atoms with Gasteiger partial charge in [0.15, 0.2) is 11.6 Å². The molecule has 0 aromatic carbocycles. The highest BCUT2D eigenvalue weighted by molar-refractivity contribution is 6.32. The van der Waals surface area contributed by atoms with Gasteiger partial charge in [0.2, 0.25) is 0 Å². The highest BCUT2D eigenvalue weighted by Crippen LogP contribution is 2.46. The van der Waals surface area contributed by atoms with E-state index in [1.165, 1.54) is 0 Å². The number of ketones is 2. The van der Waals surface area contributed by atoms with Crippen molar-refractivity contribution in [2.45, 2.75) is 19.3 Å². The van der Waals surface area contributed by atoms with Gasteiger partial charge in [-0.3, -0.25) is 9.59 Å². The fourth-order valence-corrected chi connectivity index (χ4v) is 3.13. The minimum absolute atomic E-state index is 0.0555. The molecule has 2 heteroatoms. The van der Waals surface area contributed by atoms with E-state index < -0.39 is 0 Å². The van der Waals surface area contributed by atoms with Crippen LogP contribution in [0.5, 0.6) is 0 Å². The van der Waals surface area contributed by atoms with Crippen molar-refractivity contribution in [2.24, 2.45) is 0 Å². The smallest absolute Gasteiger partial charge is 0.194 e. The van der Waals surface area contributed by atoms with Gasteiger partial charge in [0, 0.05) is 28.7 Å². The van der Waals surface area contributed by atoms with Crippen molar-refractivity contribution in [3.05, 3.63) is 57.7 Å². The molecule has 2 nitrogen and oxygen atoms in total. The van der Waals surface area contributed by atoms with E-state index in [0.717, 1.165) is 23.1 Å². The van der Waals surface area contributed by atoms with Crippen molar-refractivity contribution in [3.8, 4) is 0 Å². The summed E-state index contributed by atoms with van der Waals surface area (Å²) < 4.78 is 0. The lowest BCUT2D eigenvalue weighted by Crippen LogP contribution is -2.21. The zero-order valence-corrected chi connectivity index (χ0v) is 9.25. The van der Waals surface area contributed by atoms with Crippen LogP contribution in [-0.4, -0.2) is 11.6 Å². The van der Waals surface area contributed by atoms with Crippen LogP contribution in [-0.2, 0) is 9.59 Å². The molecular weight excluding hydrogens is 212 g/mol. The highest BCUT2D eigenvalue weighted by atomic mass is 16.1. The SMILES string of the molecule is O=C1C2=CCC=C2C(=O)C2=C1CC1=CCC=C12. The van der Waals surface area contributed by atoms with Gasteiger partial charge in [0.25, 0.3) is 0 Å². The number of Topliss-reactive ketones (excluding diaryl/α,β-unsaturated/α-hetero) is 2. The summed E-state index contributed by atoms with van der Waals surface area (Å²) in [6, 6.07) is 0. The maximum Gasteiger partial charge on any atom is 0.194 e. The Morgan fingerprint density at radius 1 is 0.765 bits per heavy atom. The van der Waals surface area contributed by atoms with Crippen LogP contribution in [0.2, 0.25) is 0 Å². The molecule has 4 rings (SSSR count). The molecule has 4 aliphatic rings. The first-order valence-corrected chi connectivity index (χ1v) is 5.90. The van der Waals surface area contributed by atoms with Gasteiger partial charge in [-0.2, -0.15) is 0 Å². The van der Waals surface area contributed by atoms with Gasteiger partial charge in [-0.15, -0.1) is 0 Å². The maximum atomic E-state index is 12.4. The van der Waals surface area contributed by atoms with Gasteiger partial charge >= 0.3 is 0 Å². The van der Waals surface area contributed by atoms with Crippen LogP contribution in [0, 0.1) is 0 Å². The lowest BCUT2D eigenvalue weighted by Gasteiger charge is -2.16. The second-order valence-electron chi connectivity index (χ2n) is 4.74. The summed E-state index contributed by atoms with van der Waals surface area (Å²) in [6.45, 7) is 0. The minimum atomic E-state index is 0.0555. The van der Waals surface area contributed by atoms with Gasteiger partial charge in [-0.05, 0) is 24.0 Å². The predicted molar refractivity (Wildman–Crippen MR) is 63.2 cm³/mol. The molecule has 0 saturated heterocycles. The number of fused-ring (bicyclic) bond motifs is 3. The average Bonchev–Trinajstić information content (AvgIpc) is 2.99. The normalized spacial score (nSPS) is 25.2. The quantitative estimate of drug-likeness (QED) is 0.630. The van der Waals surface area contributed by atoms with E-state index in [0.29, 0.717) is 29.6 Å². The van der Waals surface area contributed by atoms with Gasteiger partial charge in [-0.25, -0.2) is 0 Å². The molecule has 0 fully saturated rings. The lowest BCUT2D eigenvalue weighted by atomic mass is 9.84. The number of carbonyl (C=O) groups is 2. The Labute approximate surface area is 98.7 Å². The minimum Gasteiger partial charge on any atom is -0.289 e. The summed E-state index contributed by atoms with van der Waals surface area (Å²) in [5, 5.41) is 0. The second-order valence-corrected chi connectivity index (χ2v) is 4.74. The molecule has 0 aromatic heterocycles. The van der Waals surface area contributed by atoms with Gasteiger partial charge < -0.3 is 0 Å². The summed E-state index contributed by atoms with van der Waals surface area (Å²) >= 11 is 0. The van der Waals surface area contributed by atoms with Crippen molar-refractivity contribution >= 4 is 11.6 Å². The number of allylic oxidation sites excluding steroid dienone is 10. The Hall–Kier alpha value is -1.96. The lowest BCUT2D eigenvalue weighted by molar-refractivity contribution is -0.116. The Balaban J connectivity index is 1.99. The molecule has 0 radical (unpaired) electrons. The summed E-state index contributed by atoms with van der Waals surface area (Å²) in [7, 11) is 0. The van der Waals surface area contributed by atoms with Crippen molar-refractivity contribution in [3.63, 3.8) is 0 Å². The third-order valence-electron chi connectivity index (χ3n) is 3.90. The molecule has 0 aromatic rings. The largest absolute Gasteiger partial charge is 0.289 e. The van der Waals surface area contributed by atoms with Crippen LogP contribution in [0.15, 0.2) is 57.7 Å². The number of carbonyl (C=O) groups excluding carboxylic acids is 2. The van der Waals surface area contributed by atoms with Crippen LogP contribution >= 0.6 is 0 Å². The van der Waals surface area contributed by atoms with E-state index in [1.807, 2.05) is 12.2 Å². The molecule has 0 unspecified atom stereocenters. The predicted octanol–water partition coefficient (Wildman–Crippen LogP) is 2.35. The first-order chi connectivity index (χ1) is 8.27. The van der Waals surface area contributed by atoms with Crippen LogP contribution in [0.4, 0.5) is 0 Å². The van der Waals surface area contributed by atoms with E-state index in [4.69, 9.17) is 0 Å². The molecule has 0 amide bonds. The van der Waals surface area contributed by atoms with Gasteiger partial charge in [0.1, 0.15) is 0 Å². The Bertz CT molecular complexity index is 648. The third-order valence-corrected chi connectivity index (χ3v) is 3.90. The second kappa shape index (κ2) is 2.83. The summed E-state index contributed by atoms with van der Waals surface area (Å²) in [5.41, 5.74) is 4.85. The average molecular weight is 222 g/mol. The van der Waals surface area contributed by atoms with Gasteiger partial charge in [-0.1, -0.05) is 24.3 Å². The fraction of sp³-hybridized carbons (Fsp3) is 0.200. The van der Waals surface area contributed by atoms with E-state index in [1.54, 1.807) is 0 Å². The maximum absolute atomic E-state index is 12.4. The number of hydrogen-bond donors (Lipinski definition) is 0. The van der Waals surface area contributed by atoms with E-state index in [2.05, 4.69) is 12.2 Å². The van der Waals surface area contributed by atoms with Crippen LogP contribution in [0.3, 0.4) is 0 Å². The monoisotopic (exact) mass is 222 g/mol. The van der Waals surface area contributed by atoms with Crippen molar-refractivity contribution in [1.82, 2.24) is 0 Å². The fourth-order valence-electron chi connectivity index (χ4n) is 3.13. The van der Waals surface area contributed by atoms with Gasteiger partial charge in [0.05, 0.1) is 0 Å². The summed E-state index contributed by atoms with van der Waals surface area (Å²) in [4.78, 5) is 24.7. The molecule has 0 heterocycles. The van der Waals surface area contributed by atoms with Crippen LogP contribution in [0.1, 0.15) is 19.3 Å². The van der Waals surface area contributed by atoms with Crippen molar-refractivity contribution in [2.75, 3.05) is 0 Å². The zero-order valence-electron chi connectivity index (χ0n) is 9.25. The zero-order chi connectivity index (χ0) is 11.6. The molecule has 0 spiro atoms. The number of hydrogen-bond acceptors (Lipinski definition) is 2. The molecule has 0 atom stereocenters. The molecule has 0 N–H and O–H groups in total. The molecule has 0 bridgehead atoms. The molecule has 0 aliphatic heterocycles. The standard InChI is InChI=1S/C15H10O2/c16-14-10-5-2-6-11(10)15(17)13-9-4-1-3-8(9)7-12(13)14/h3-6H,1-2,7H2. The van der Waals surface area contributed by atoms with Crippen molar-refractivity contribution < 1.29 is 9.59 Å². The first-order valence-electron chi connectivity index (χ1n) is 5.90. The van der Waals surface area contributed by atoms with Crippen molar-refractivity contribution in [1.29, 1.82) is 0 Å². The Morgan fingerprint density at radius 2 is 1.41 bits per heavy atom. The summed E-state index contributed by atoms with van der Waals surface area (Å²) in [5.74, 6) is 0.124. The Morgan fingerprint density at radius 3 is 2.24 bits per heavy atom. The van der Waals surface area contributed by atoms with E-state index in [-0.39, 0.29) is 11.6 Å². The highest BCUT2D eigenvalue weighted by Gasteiger charge is 2.42. The van der Waals surface area contributed by atoms with Crippen LogP contribution in [0.25, 0.3) is 0 Å². The van der Waals surface area contributed by atoms with E-state index >= 15 is 0 Å². The Kier molecular flexibility index (Phi) is 1.52. The molecule has 0 saturated carbocycles. The topological polar surface area (TPSA) is 34.1 Å². The summed E-state index contributed by atoms with van der Waals surface area (Å²) in [6.07, 6.45) is 10.2. The first kappa shape index (κ1) is 9.11. The van der Waals surface area contributed by atoms with E-state index in [9.17, 15) is 9.59 Å². The molecule has 4 aliphatic carbocycles. The molecular formula is C15H10O2. The molecule has 82 valence electrons. The number of rotatable bonds is 0.